The number of nitrogens with one attached hydrogen (secondary N) is 1. The van der Waals surface area contributed by atoms with Crippen molar-refractivity contribution < 1.29 is 19.4 Å². The lowest BCUT2D eigenvalue weighted by Crippen LogP contribution is -2.48. The fraction of sp³-hybridized carbons (Fsp3) is 0.500. The van der Waals surface area contributed by atoms with Crippen LogP contribution < -0.4 is 5.56 Å². The average molecular weight is 294 g/mol. The predicted molar refractivity (Wildman–Crippen MR) is 74.0 cm³/mol. The first-order valence-electron chi connectivity index (χ1n) is 6.94. The minimum Gasteiger partial charge on any atom is -0.494 e. The van der Waals surface area contributed by atoms with Crippen LogP contribution in [0, 0.1) is 0 Å². The Bertz CT molecular complexity index is 595. The fourth-order valence-corrected chi connectivity index (χ4v) is 2.48. The minimum atomic E-state index is -0.632. The van der Waals surface area contributed by atoms with Gasteiger partial charge in [-0.05, 0) is 26.2 Å². The summed E-state index contributed by atoms with van der Waals surface area (Å²) in [5, 5.41) is 9.38. The molecule has 0 radical (unpaired) electrons. The largest absolute Gasteiger partial charge is 0.494 e. The van der Waals surface area contributed by atoms with Gasteiger partial charge in [0.2, 0.25) is 0 Å². The number of piperidine rings is 1. The molecule has 21 heavy (non-hydrogen) atoms. The zero-order valence-electron chi connectivity index (χ0n) is 11.8. The molecule has 1 aromatic rings. The van der Waals surface area contributed by atoms with Gasteiger partial charge in [-0.15, -0.1) is 0 Å². The maximum Gasteiger partial charge on any atom is 0.328 e. The van der Waals surface area contributed by atoms with Gasteiger partial charge in [0.25, 0.3) is 11.5 Å². The maximum atomic E-state index is 12.5. The molecule has 1 aromatic heterocycles. The predicted octanol–water partition coefficient (Wildman–Crippen LogP) is 0.638. The fourth-order valence-electron chi connectivity index (χ4n) is 2.48. The highest BCUT2D eigenvalue weighted by Gasteiger charge is 2.33. The number of aromatic nitrogens is 1. The van der Waals surface area contributed by atoms with Gasteiger partial charge in [-0.3, -0.25) is 14.6 Å². The first-order valence-corrected chi connectivity index (χ1v) is 6.94. The number of likely N-dealkylation sites (tertiary alicyclic amines) is 1. The number of rotatable bonds is 3. The van der Waals surface area contributed by atoms with Crippen LogP contribution in [-0.4, -0.2) is 46.1 Å². The molecule has 2 N–H and O–H groups in total. The Morgan fingerprint density at radius 2 is 2.19 bits per heavy atom. The standard InChI is InChI=1S/C14H18N2O5/c1-2-21-14(20)10-5-3-4-6-16(10)13(19)9-7-11(17)15-12(18)8-9/h7-8,10H,2-6H2,1H3,(H2,15,17,18). The van der Waals surface area contributed by atoms with E-state index < -0.39 is 23.5 Å². The number of pyridine rings is 1. The number of aromatic amines is 1. The molecule has 2 rings (SSSR count). The molecule has 1 amide bonds. The van der Waals surface area contributed by atoms with E-state index >= 15 is 0 Å². The van der Waals surface area contributed by atoms with Gasteiger partial charge in [-0.2, -0.15) is 0 Å². The number of carbonyl (C=O) groups is 2. The molecule has 1 unspecified atom stereocenters. The molecule has 1 aliphatic heterocycles. The zero-order chi connectivity index (χ0) is 15.4. The van der Waals surface area contributed by atoms with E-state index in [9.17, 15) is 19.5 Å². The zero-order valence-corrected chi connectivity index (χ0v) is 11.8. The Morgan fingerprint density at radius 3 is 2.86 bits per heavy atom. The summed E-state index contributed by atoms with van der Waals surface area (Å²) in [4.78, 5) is 39.3. The topological polar surface area (TPSA) is 99.7 Å². The second-order valence-corrected chi connectivity index (χ2v) is 4.88. The van der Waals surface area contributed by atoms with E-state index in [1.54, 1.807) is 6.92 Å². The van der Waals surface area contributed by atoms with Crippen LogP contribution in [-0.2, 0) is 9.53 Å². The third-order valence-corrected chi connectivity index (χ3v) is 3.40. The summed E-state index contributed by atoms with van der Waals surface area (Å²) in [6.45, 7) is 2.39. The van der Waals surface area contributed by atoms with Gasteiger partial charge in [0.1, 0.15) is 6.04 Å². The van der Waals surface area contributed by atoms with Crippen LogP contribution in [0.4, 0.5) is 0 Å². The van der Waals surface area contributed by atoms with E-state index in [0.29, 0.717) is 13.0 Å². The van der Waals surface area contributed by atoms with Crippen LogP contribution in [0.25, 0.3) is 0 Å². The summed E-state index contributed by atoms with van der Waals surface area (Å²) in [5.74, 6) is -1.26. The minimum absolute atomic E-state index is 0.0625. The molecule has 0 bridgehead atoms. The average Bonchev–Trinajstić information content (AvgIpc) is 2.45. The van der Waals surface area contributed by atoms with E-state index in [4.69, 9.17) is 4.74 Å². The summed E-state index contributed by atoms with van der Waals surface area (Å²) < 4.78 is 4.99. The van der Waals surface area contributed by atoms with Gasteiger partial charge in [-0.25, -0.2) is 4.79 Å². The van der Waals surface area contributed by atoms with Crippen molar-refractivity contribution in [2.75, 3.05) is 13.2 Å². The quantitative estimate of drug-likeness (QED) is 0.797. The normalized spacial score (nSPS) is 18.3. The van der Waals surface area contributed by atoms with Crippen molar-refractivity contribution in [2.24, 2.45) is 0 Å². The molecule has 7 nitrogen and oxygen atoms in total. The van der Waals surface area contributed by atoms with Gasteiger partial charge in [0, 0.05) is 18.7 Å². The Kier molecular flexibility index (Phi) is 4.62. The lowest BCUT2D eigenvalue weighted by atomic mass is 10.0. The second-order valence-electron chi connectivity index (χ2n) is 4.88. The van der Waals surface area contributed by atoms with E-state index in [1.165, 1.54) is 11.0 Å². The lowest BCUT2D eigenvalue weighted by molar-refractivity contribution is -0.149. The first-order chi connectivity index (χ1) is 10.0. The maximum absolute atomic E-state index is 12.5. The van der Waals surface area contributed by atoms with Gasteiger partial charge in [0.15, 0.2) is 5.88 Å². The Labute approximate surface area is 121 Å². The number of ether oxygens (including phenoxy) is 1. The lowest BCUT2D eigenvalue weighted by Gasteiger charge is -2.34. The third kappa shape index (κ3) is 3.42. The van der Waals surface area contributed by atoms with Crippen LogP contribution in [0.3, 0.4) is 0 Å². The molecule has 0 aliphatic carbocycles. The van der Waals surface area contributed by atoms with E-state index in [2.05, 4.69) is 4.98 Å². The van der Waals surface area contributed by atoms with Gasteiger partial charge in [0.05, 0.1) is 12.2 Å². The molecule has 2 heterocycles. The van der Waals surface area contributed by atoms with Crippen molar-refractivity contribution in [1.29, 1.82) is 0 Å². The highest BCUT2D eigenvalue weighted by molar-refractivity contribution is 5.97. The molecule has 0 saturated carbocycles. The highest BCUT2D eigenvalue weighted by atomic mass is 16.5. The number of hydrogen-bond donors (Lipinski definition) is 2. The van der Waals surface area contributed by atoms with Crippen molar-refractivity contribution in [3.8, 4) is 5.88 Å². The summed E-state index contributed by atoms with van der Waals surface area (Å²) in [6, 6.07) is 1.66. The Hall–Kier alpha value is -2.31. The first kappa shape index (κ1) is 15.1. The summed E-state index contributed by atoms with van der Waals surface area (Å²) >= 11 is 0. The monoisotopic (exact) mass is 294 g/mol. The summed E-state index contributed by atoms with van der Waals surface area (Å²) in [6.07, 6.45) is 2.17. The number of nitrogens with zero attached hydrogens (tertiary/aromatic N) is 1. The van der Waals surface area contributed by atoms with Crippen LogP contribution in [0.2, 0.25) is 0 Å². The molecule has 1 saturated heterocycles. The van der Waals surface area contributed by atoms with Crippen LogP contribution in [0.1, 0.15) is 36.5 Å². The number of hydrogen-bond acceptors (Lipinski definition) is 5. The van der Waals surface area contributed by atoms with E-state index in [-0.39, 0.29) is 18.1 Å². The molecule has 0 aromatic carbocycles. The number of carbonyl (C=O) groups excluding carboxylic acids is 2. The molecule has 114 valence electrons. The van der Waals surface area contributed by atoms with Crippen LogP contribution >= 0.6 is 0 Å². The summed E-state index contributed by atoms with van der Waals surface area (Å²) in [7, 11) is 0. The highest BCUT2D eigenvalue weighted by Crippen LogP contribution is 2.21. The second kappa shape index (κ2) is 6.43. The van der Waals surface area contributed by atoms with Crippen molar-refractivity contribution >= 4 is 11.9 Å². The molecule has 1 atom stereocenters. The molecule has 7 heteroatoms. The van der Waals surface area contributed by atoms with Crippen molar-refractivity contribution in [2.45, 2.75) is 32.2 Å². The van der Waals surface area contributed by atoms with Crippen LogP contribution in [0.5, 0.6) is 5.88 Å². The molecule has 0 spiro atoms. The SMILES string of the molecule is CCOC(=O)C1CCCCN1C(=O)c1cc(O)[nH]c(=O)c1. The van der Waals surface area contributed by atoms with Gasteiger partial charge < -0.3 is 14.7 Å². The van der Waals surface area contributed by atoms with Crippen molar-refractivity contribution in [3.63, 3.8) is 0 Å². The van der Waals surface area contributed by atoms with E-state index in [0.717, 1.165) is 18.9 Å². The number of esters is 1. The Morgan fingerprint density at radius 1 is 1.43 bits per heavy atom. The van der Waals surface area contributed by atoms with Crippen molar-refractivity contribution in [1.82, 2.24) is 9.88 Å². The molecule has 1 fully saturated rings. The van der Waals surface area contributed by atoms with E-state index in [1.807, 2.05) is 0 Å². The molecular weight excluding hydrogens is 276 g/mol. The van der Waals surface area contributed by atoms with Gasteiger partial charge >= 0.3 is 5.97 Å². The van der Waals surface area contributed by atoms with Gasteiger partial charge in [-0.1, -0.05) is 0 Å². The third-order valence-electron chi connectivity index (χ3n) is 3.40. The number of aromatic hydroxyl groups is 1. The van der Waals surface area contributed by atoms with Crippen LogP contribution in [0.15, 0.2) is 16.9 Å². The number of amides is 1. The smallest absolute Gasteiger partial charge is 0.328 e. The van der Waals surface area contributed by atoms with Crippen molar-refractivity contribution in [3.05, 3.63) is 28.0 Å². The summed E-state index contributed by atoms with van der Waals surface area (Å²) in [5.41, 5.74) is -0.504. The number of H-pyrrole nitrogens is 1. The molecule has 1 aliphatic rings. The Balaban J connectivity index is 2.26. The molecular formula is C14H18N2O5.